The first-order valence-electron chi connectivity index (χ1n) is 20.1. The van der Waals surface area contributed by atoms with Gasteiger partial charge < -0.3 is 15.5 Å². The minimum atomic E-state index is -5.92. The summed E-state index contributed by atoms with van der Waals surface area (Å²) in [5, 5.41) is 6.73. The number of hydrogen-bond acceptors (Lipinski definition) is 9. The van der Waals surface area contributed by atoms with E-state index in [9.17, 15) is 30.6 Å². The van der Waals surface area contributed by atoms with E-state index in [2.05, 4.69) is 57.0 Å². The van der Waals surface area contributed by atoms with Gasteiger partial charge in [-0.2, -0.15) is 13.2 Å². The van der Waals surface area contributed by atoms with Gasteiger partial charge in [0.05, 0.1) is 20.3 Å². The Morgan fingerprint density at radius 1 is 0.934 bits per heavy atom. The fourth-order valence-electron chi connectivity index (χ4n) is 7.71. The summed E-state index contributed by atoms with van der Waals surface area (Å²) in [5.74, 6) is 3.27. The number of amides is 1. The van der Waals surface area contributed by atoms with Gasteiger partial charge in [0.2, 0.25) is 0 Å². The number of alkyl halides is 3. The molecule has 0 aromatic heterocycles. The number of carbonyl (C=O) groups excluding carboxylic acids is 1. The van der Waals surface area contributed by atoms with Gasteiger partial charge in [-0.15, -0.1) is 11.8 Å². The molecule has 0 radical (unpaired) electrons. The van der Waals surface area contributed by atoms with Crippen LogP contribution < -0.4 is 20.3 Å². The van der Waals surface area contributed by atoms with Crippen LogP contribution in [0.2, 0.25) is 5.02 Å². The van der Waals surface area contributed by atoms with Crippen LogP contribution in [0.1, 0.15) is 55.5 Å². The number of allylic oxidation sites excluding steroid dienone is 1. The predicted molar refractivity (Wildman–Crippen MR) is 245 cm³/mol. The minimum absolute atomic E-state index is 0.157. The lowest BCUT2D eigenvalue weighted by Crippen LogP contribution is -2.47. The first-order valence-corrected chi connectivity index (χ1v) is 24.7. The third kappa shape index (κ3) is 11.9. The van der Waals surface area contributed by atoms with Crippen molar-refractivity contribution in [3.63, 3.8) is 0 Å². The largest absolute Gasteiger partial charge is 0.501 e. The molecule has 0 saturated carbocycles. The normalized spacial score (nSPS) is 17.7. The van der Waals surface area contributed by atoms with Crippen LogP contribution in [0.25, 0.3) is 5.57 Å². The summed E-state index contributed by atoms with van der Waals surface area (Å²) in [6.07, 6.45) is 3.67. The summed E-state index contributed by atoms with van der Waals surface area (Å²) in [4.78, 5) is 17.6. The van der Waals surface area contributed by atoms with Crippen LogP contribution in [0, 0.1) is 5.41 Å². The number of benzene rings is 4. The number of hydrogen-bond donors (Lipinski definition) is 3. The molecule has 16 heteroatoms. The summed E-state index contributed by atoms with van der Waals surface area (Å²) in [6, 6.07) is 26.9. The van der Waals surface area contributed by atoms with E-state index in [4.69, 9.17) is 11.6 Å². The Hall–Kier alpha value is -3.99. The van der Waals surface area contributed by atoms with Crippen LogP contribution in [-0.4, -0.2) is 92.9 Å². The molecular weight excluding hydrogens is 863 g/mol. The number of thioether (sulfide) groups is 1. The lowest BCUT2D eigenvalue weighted by molar-refractivity contribution is -0.0435. The Morgan fingerprint density at radius 2 is 1.61 bits per heavy atom. The van der Waals surface area contributed by atoms with Gasteiger partial charge in [-0.05, 0) is 128 Å². The van der Waals surface area contributed by atoms with Crippen molar-refractivity contribution < 1.29 is 30.6 Å². The van der Waals surface area contributed by atoms with Crippen LogP contribution >= 0.6 is 23.4 Å². The Balaban J connectivity index is 1.12. The highest BCUT2D eigenvalue weighted by Crippen LogP contribution is 2.43. The molecule has 3 N–H and O–H groups in total. The maximum atomic E-state index is 14.1. The van der Waals surface area contributed by atoms with Gasteiger partial charge in [-0.1, -0.05) is 61.4 Å². The molecule has 1 unspecified atom stereocenters. The van der Waals surface area contributed by atoms with Crippen molar-refractivity contribution in [2.45, 2.75) is 65.8 Å². The van der Waals surface area contributed by atoms with Gasteiger partial charge in [0.15, 0.2) is 0 Å². The molecule has 61 heavy (non-hydrogen) atoms. The number of carbonyl (C=O) groups is 1. The van der Waals surface area contributed by atoms with Gasteiger partial charge in [-0.3, -0.25) is 14.4 Å². The minimum Gasteiger partial charge on any atom is -0.380 e. The molecule has 6 rings (SSSR count). The monoisotopic (exact) mass is 915 g/mol. The zero-order valence-corrected chi connectivity index (χ0v) is 37.8. The molecule has 1 saturated heterocycles. The zero-order chi connectivity index (χ0) is 44.0. The second kappa shape index (κ2) is 19.6. The predicted octanol–water partition coefficient (Wildman–Crippen LogP) is 9.02. The van der Waals surface area contributed by atoms with Crippen LogP contribution in [0.5, 0.6) is 0 Å². The van der Waals surface area contributed by atoms with E-state index >= 15 is 0 Å². The highest BCUT2D eigenvalue weighted by atomic mass is 35.5. The number of nitrogens with one attached hydrogen (secondary N) is 3. The first kappa shape index (κ1) is 46.5. The smallest absolute Gasteiger partial charge is 0.380 e. The van der Waals surface area contributed by atoms with Crippen molar-refractivity contribution in [2.75, 3.05) is 62.3 Å². The molecular formula is C45H53ClF3N5O4S3. The van der Waals surface area contributed by atoms with Gasteiger partial charge in [0, 0.05) is 65.7 Å². The summed E-state index contributed by atoms with van der Waals surface area (Å²) in [6.45, 7) is 9.33. The second-order valence-corrected chi connectivity index (χ2v) is 21.8. The Labute approximate surface area is 367 Å². The molecule has 4 aromatic carbocycles. The standard InChI is InChI=1S/C45H53ClF3N5O4S3/c1-44(2)22-20-40(32-10-14-35(46)15-11-32)34(29-44)30-53-24-26-54(27-25-53)37-16-12-33(13-17-37)43(55)52-60(4,56)39-18-19-41(42(28-39)61(57,58)45(47,48)49)51-36(21-23-50-3)31-59-38-8-6-5-7-9-38/h5-19,28,36,50-51H,4,20-27,29-31H2,1-3H3,(H,52,55,56)/t36-,60?/m1/s1. The van der Waals surface area contributed by atoms with E-state index in [1.54, 1.807) is 31.3 Å². The molecule has 2 atom stereocenters. The molecule has 1 heterocycles. The van der Waals surface area contributed by atoms with E-state index in [1.807, 2.05) is 42.5 Å². The van der Waals surface area contributed by atoms with Crippen molar-refractivity contribution in [1.29, 1.82) is 0 Å². The number of rotatable bonds is 16. The van der Waals surface area contributed by atoms with Crippen LogP contribution in [-0.2, 0) is 19.5 Å². The zero-order valence-electron chi connectivity index (χ0n) is 34.6. The third-order valence-corrected chi connectivity index (χ3v) is 15.6. The lowest BCUT2D eigenvalue weighted by Gasteiger charge is -2.39. The van der Waals surface area contributed by atoms with Crippen molar-refractivity contribution in [1.82, 2.24) is 14.9 Å². The van der Waals surface area contributed by atoms with Gasteiger partial charge in [0.25, 0.3) is 15.7 Å². The van der Waals surface area contributed by atoms with Gasteiger partial charge in [0.1, 0.15) is 4.90 Å². The molecule has 0 bridgehead atoms. The van der Waals surface area contributed by atoms with Crippen molar-refractivity contribution in [3.05, 3.63) is 119 Å². The summed E-state index contributed by atoms with van der Waals surface area (Å²) < 4.78 is 84.3. The highest BCUT2D eigenvalue weighted by molar-refractivity contribution is 7.99. The molecule has 328 valence electrons. The summed E-state index contributed by atoms with van der Waals surface area (Å²) in [7, 11) is -8.00. The molecule has 1 aliphatic carbocycles. The van der Waals surface area contributed by atoms with Gasteiger partial charge >= 0.3 is 5.51 Å². The second-order valence-electron chi connectivity index (χ2n) is 16.3. The molecule has 2 aliphatic rings. The summed E-state index contributed by atoms with van der Waals surface area (Å²) >= 11 is 7.66. The summed E-state index contributed by atoms with van der Waals surface area (Å²) in [5.41, 5.74) is -0.527. The van der Waals surface area contributed by atoms with Crippen LogP contribution in [0.15, 0.2) is 117 Å². The Kier molecular flexibility index (Phi) is 14.9. The van der Waals surface area contributed by atoms with Crippen molar-refractivity contribution >= 4 is 71.6 Å². The van der Waals surface area contributed by atoms with E-state index < -0.39 is 41.9 Å². The lowest BCUT2D eigenvalue weighted by atomic mass is 9.73. The van der Waals surface area contributed by atoms with Crippen LogP contribution in [0.4, 0.5) is 24.5 Å². The fraction of sp³-hybridized carbons (Fsp3) is 0.378. The number of nitrogens with zero attached hydrogens (tertiary/aromatic N) is 2. The Bertz CT molecular complexity index is 2410. The van der Waals surface area contributed by atoms with Gasteiger partial charge in [-0.25, -0.2) is 12.6 Å². The molecule has 4 aromatic rings. The third-order valence-electron chi connectivity index (χ3n) is 11.1. The van der Waals surface area contributed by atoms with Crippen molar-refractivity contribution in [3.8, 4) is 0 Å². The molecule has 1 fully saturated rings. The fourth-order valence-corrected chi connectivity index (χ4v) is 11.0. The SMILES string of the molecule is C=S(=O)(NC(=O)c1ccc(N2CCN(CC3=C(c4ccc(Cl)cc4)CCC(C)(C)C3)CC2)cc1)c1ccc(N[C@H](CCNC)CSc2ccccc2)c(S(=O)(=O)C(F)(F)F)c1. The van der Waals surface area contributed by atoms with E-state index in [0.29, 0.717) is 24.8 Å². The van der Waals surface area contributed by atoms with E-state index in [0.717, 1.165) is 73.7 Å². The van der Waals surface area contributed by atoms with Crippen LogP contribution in [0.3, 0.4) is 0 Å². The maximum absolute atomic E-state index is 14.1. The molecule has 0 spiro atoms. The topological polar surface area (TPSA) is 111 Å². The van der Waals surface area contributed by atoms with E-state index in [-0.39, 0.29) is 21.6 Å². The Morgan fingerprint density at radius 3 is 2.25 bits per heavy atom. The van der Waals surface area contributed by atoms with Crippen molar-refractivity contribution in [2.24, 2.45) is 5.41 Å². The number of sulfone groups is 1. The number of halogens is 4. The number of piperazine rings is 1. The number of anilines is 2. The average molecular weight is 917 g/mol. The molecule has 9 nitrogen and oxygen atoms in total. The maximum Gasteiger partial charge on any atom is 0.501 e. The molecule has 1 aliphatic heterocycles. The average Bonchev–Trinajstić information content (AvgIpc) is 3.22. The first-order chi connectivity index (χ1) is 28.8. The quantitative estimate of drug-likeness (QED) is 0.0750. The highest BCUT2D eigenvalue weighted by Gasteiger charge is 2.48. The van der Waals surface area contributed by atoms with E-state index in [1.165, 1.54) is 34.5 Å². The molecule has 1 amide bonds.